The maximum absolute atomic E-state index is 12.3. The predicted molar refractivity (Wildman–Crippen MR) is 91.2 cm³/mol. The molecule has 1 saturated heterocycles. The summed E-state index contributed by atoms with van der Waals surface area (Å²) in [4.78, 5) is 25.8. The van der Waals surface area contributed by atoms with E-state index in [0.29, 0.717) is 9.23 Å². The third-order valence-corrected chi connectivity index (χ3v) is 4.33. The highest BCUT2D eigenvalue weighted by molar-refractivity contribution is 8.26. The molecule has 7 heteroatoms. The molecule has 2 amide bonds. The van der Waals surface area contributed by atoms with Gasteiger partial charge in [-0.3, -0.25) is 14.5 Å². The van der Waals surface area contributed by atoms with Gasteiger partial charge in [0.15, 0.2) is 0 Å². The minimum absolute atomic E-state index is 0.129. The smallest absolute Gasteiger partial charge is 0.266 e. The second kappa shape index (κ2) is 7.53. The molecule has 0 bridgehead atoms. The van der Waals surface area contributed by atoms with Crippen molar-refractivity contribution in [1.29, 1.82) is 0 Å². The van der Waals surface area contributed by atoms with Gasteiger partial charge >= 0.3 is 0 Å². The van der Waals surface area contributed by atoms with Crippen LogP contribution in [0.3, 0.4) is 0 Å². The van der Waals surface area contributed by atoms with Gasteiger partial charge in [0.25, 0.3) is 5.91 Å². The average Bonchev–Trinajstić information content (AvgIpc) is 2.73. The number of benzene rings is 1. The van der Waals surface area contributed by atoms with Gasteiger partial charge in [0.1, 0.15) is 10.9 Å². The van der Waals surface area contributed by atoms with Gasteiger partial charge in [0.05, 0.1) is 11.5 Å². The molecule has 0 aliphatic carbocycles. The number of carbonyl (C=O) groups is 2. The van der Waals surface area contributed by atoms with E-state index in [2.05, 4.69) is 5.32 Å². The normalized spacial score (nSPS) is 16.5. The van der Waals surface area contributed by atoms with Crippen molar-refractivity contribution in [1.82, 2.24) is 10.2 Å². The van der Waals surface area contributed by atoms with Gasteiger partial charge in [-0.05, 0) is 18.6 Å². The van der Waals surface area contributed by atoms with Crippen LogP contribution in [0.15, 0.2) is 29.2 Å². The lowest BCUT2D eigenvalue weighted by Gasteiger charge is -2.13. The molecule has 0 spiro atoms. The Morgan fingerprint density at radius 2 is 2.27 bits per heavy atom. The molecule has 1 aromatic rings. The number of amides is 2. The monoisotopic (exact) mass is 336 g/mol. The number of hydrogen-bond acceptors (Lipinski definition) is 5. The summed E-state index contributed by atoms with van der Waals surface area (Å²) >= 11 is 6.35. The van der Waals surface area contributed by atoms with Crippen molar-refractivity contribution in [3.05, 3.63) is 40.3 Å². The van der Waals surface area contributed by atoms with E-state index >= 15 is 0 Å². The first-order valence-corrected chi connectivity index (χ1v) is 7.93. The van der Waals surface area contributed by atoms with Crippen LogP contribution in [0.25, 0.3) is 6.08 Å². The van der Waals surface area contributed by atoms with Crippen molar-refractivity contribution < 1.29 is 14.7 Å². The van der Waals surface area contributed by atoms with E-state index in [1.165, 1.54) is 16.7 Å². The first kappa shape index (κ1) is 16.7. The van der Waals surface area contributed by atoms with Crippen LogP contribution < -0.4 is 5.32 Å². The summed E-state index contributed by atoms with van der Waals surface area (Å²) < 4.78 is 0.364. The first-order chi connectivity index (χ1) is 10.5. The second-order valence-electron chi connectivity index (χ2n) is 4.76. The molecule has 0 radical (unpaired) electrons. The SMILES string of the molecule is Cc1cccc(/C=C2\SC(=S)N(CC(=O)NCCO)C2=O)c1. The maximum atomic E-state index is 12.3. The molecule has 2 rings (SSSR count). The van der Waals surface area contributed by atoms with E-state index < -0.39 is 0 Å². The minimum atomic E-state index is -0.345. The molecule has 1 fully saturated rings. The van der Waals surface area contributed by atoms with Crippen molar-refractivity contribution in [3.63, 3.8) is 0 Å². The zero-order valence-corrected chi connectivity index (χ0v) is 13.7. The summed E-state index contributed by atoms with van der Waals surface area (Å²) in [5.41, 5.74) is 2.03. The average molecular weight is 336 g/mol. The summed E-state index contributed by atoms with van der Waals surface area (Å²) in [6.45, 7) is 1.87. The van der Waals surface area contributed by atoms with E-state index in [1.807, 2.05) is 31.2 Å². The number of rotatable bonds is 5. The molecule has 1 heterocycles. The summed E-state index contributed by atoms with van der Waals surface area (Å²) in [5, 5.41) is 11.2. The lowest BCUT2D eigenvalue weighted by Crippen LogP contribution is -2.40. The van der Waals surface area contributed by atoms with Gasteiger partial charge in [-0.2, -0.15) is 0 Å². The Bertz CT molecular complexity index is 643. The van der Waals surface area contributed by atoms with Crippen molar-refractivity contribution in [2.75, 3.05) is 19.7 Å². The highest BCUT2D eigenvalue weighted by atomic mass is 32.2. The molecule has 1 aliphatic rings. The Labute approximate surface area is 138 Å². The lowest BCUT2D eigenvalue weighted by atomic mass is 10.1. The number of nitrogens with zero attached hydrogens (tertiary/aromatic N) is 1. The molecule has 1 aromatic carbocycles. The molecular weight excluding hydrogens is 320 g/mol. The number of aryl methyl sites for hydroxylation is 1. The third-order valence-electron chi connectivity index (χ3n) is 2.95. The van der Waals surface area contributed by atoms with Gasteiger partial charge in [-0.25, -0.2) is 0 Å². The van der Waals surface area contributed by atoms with Crippen molar-refractivity contribution in [2.24, 2.45) is 0 Å². The van der Waals surface area contributed by atoms with E-state index in [0.717, 1.165) is 11.1 Å². The molecule has 0 unspecified atom stereocenters. The third kappa shape index (κ3) is 4.16. The van der Waals surface area contributed by atoms with Crippen LogP contribution in [0.2, 0.25) is 0 Å². The number of thioether (sulfide) groups is 1. The van der Waals surface area contributed by atoms with E-state index in [9.17, 15) is 9.59 Å². The molecule has 1 aliphatic heterocycles. The van der Waals surface area contributed by atoms with E-state index in [1.54, 1.807) is 6.08 Å². The van der Waals surface area contributed by atoms with Crippen LogP contribution in [0, 0.1) is 6.92 Å². The molecule has 116 valence electrons. The van der Waals surface area contributed by atoms with Crippen LogP contribution >= 0.6 is 24.0 Å². The number of carbonyl (C=O) groups excluding carboxylic acids is 2. The second-order valence-corrected chi connectivity index (χ2v) is 6.43. The van der Waals surface area contributed by atoms with Gasteiger partial charge in [0.2, 0.25) is 5.91 Å². The number of thiocarbonyl (C=S) groups is 1. The summed E-state index contributed by atoms with van der Waals surface area (Å²) in [7, 11) is 0. The van der Waals surface area contributed by atoms with Crippen molar-refractivity contribution in [3.8, 4) is 0 Å². The largest absolute Gasteiger partial charge is 0.395 e. The Morgan fingerprint density at radius 3 is 2.95 bits per heavy atom. The fraction of sp³-hybridized carbons (Fsp3) is 0.267. The summed E-state index contributed by atoms with van der Waals surface area (Å²) in [6.07, 6.45) is 1.78. The van der Waals surface area contributed by atoms with Crippen molar-refractivity contribution >= 4 is 46.2 Å². The number of aliphatic hydroxyl groups excluding tert-OH is 1. The lowest BCUT2D eigenvalue weighted by molar-refractivity contribution is -0.128. The van der Waals surface area contributed by atoms with Gasteiger partial charge in [0, 0.05) is 6.54 Å². The Morgan fingerprint density at radius 1 is 1.50 bits per heavy atom. The number of hydrogen-bond donors (Lipinski definition) is 2. The summed E-state index contributed by atoms with van der Waals surface area (Å²) in [6, 6.07) is 7.78. The molecule has 0 aromatic heterocycles. The highest BCUT2D eigenvalue weighted by Crippen LogP contribution is 2.32. The van der Waals surface area contributed by atoms with E-state index in [4.69, 9.17) is 17.3 Å². The quantitative estimate of drug-likeness (QED) is 0.627. The van der Waals surface area contributed by atoms with Gasteiger partial charge < -0.3 is 10.4 Å². The Balaban J connectivity index is 2.10. The van der Waals surface area contributed by atoms with Crippen LogP contribution in [-0.2, 0) is 9.59 Å². The van der Waals surface area contributed by atoms with Gasteiger partial charge in [-0.1, -0.05) is 53.8 Å². The molecular formula is C15H16N2O3S2. The zero-order valence-electron chi connectivity index (χ0n) is 12.0. The first-order valence-electron chi connectivity index (χ1n) is 6.71. The molecule has 2 N–H and O–H groups in total. The van der Waals surface area contributed by atoms with Crippen LogP contribution in [0.1, 0.15) is 11.1 Å². The molecule has 22 heavy (non-hydrogen) atoms. The Kier molecular flexibility index (Phi) is 5.70. The van der Waals surface area contributed by atoms with Crippen LogP contribution in [-0.4, -0.2) is 45.8 Å². The molecule has 5 nitrogen and oxygen atoms in total. The van der Waals surface area contributed by atoms with E-state index in [-0.39, 0.29) is 31.5 Å². The van der Waals surface area contributed by atoms with Gasteiger partial charge in [-0.15, -0.1) is 0 Å². The standard InChI is InChI=1S/C15H16N2O3S2/c1-10-3-2-4-11(7-10)8-12-14(20)17(15(21)22-12)9-13(19)16-5-6-18/h2-4,7-8,18H,5-6,9H2,1H3,(H,16,19)/b12-8-. The molecule has 0 atom stereocenters. The number of nitrogens with one attached hydrogen (secondary N) is 1. The van der Waals surface area contributed by atoms with Crippen LogP contribution in [0.5, 0.6) is 0 Å². The molecule has 0 saturated carbocycles. The fourth-order valence-electron chi connectivity index (χ4n) is 1.94. The predicted octanol–water partition coefficient (Wildman–Crippen LogP) is 1.30. The fourth-order valence-corrected chi connectivity index (χ4v) is 3.20. The Hall–Kier alpha value is -1.70. The zero-order chi connectivity index (χ0) is 16.1. The topological polar surface area (TPSA) is 69.6 Å². The van der Waals surface area contributed by atoms with Crippen molar-refractivity contribution in [2.45, 2.75) is 6.92 Å². The highest BCUT2D eigenvalue weighted by Gasteiger charge is 2.33. The number of aliphatic hydroxyl groups is 1. The van der Waals surface area contributed by atoms with Crippen LogP contribution in [0.4, 0.5) is 0 Å². The minimum Gasteiger partial charge on any atom is -0.395 e. The maximum Gasteiger partial charge on any atom is 0.266 e. The summed E-state index contributed by atoms with van der Waals surface area (Å²) in [5.74, 6) is -0.613.